The zero-order valence-electron chi connectivity index (χ0n) is 9.98. The lowest BCUT2D eigenvalue weighted by molar-refractivity contribution is 0.0697. The monoisotopic (exact) mass is 280 g/mol. The fourth-order valence-corrected chi connectivity index (χ4v) is 1.97. The normalized spacial score (nSPS) is 10.3. The Kier molecular flexibility index (Phi) is 3.71. The summed E-state index contributed by atoms with van der Waals surface area (Å²) >= 11 is 5.91. The fraction of sp³-hybridized carbons (Fsp3) is 0.0714. The summed E-state index contributed by atoms with van der Waals surface area (Å²) < 4.78 is 18.2. The average molecular weight is 281 g/mol. The van der Waals surface area contributed by atoms with Crippen LogP contribution in [0, 0.1) is 5.82 Å². The van der Waals surface area contributed by atoms with Crippen molar-refractivity contribution in [2.45, 2.75) is 0 Å². The van der Waals surface area contributed by atoms with Gasteiger partial charge in [0.15, 0.2) is 0 Å². The van der Waals surface area contributed by atoms with Crippen molar-refractivity contribution < 1.29 is 19.0 Å². The molecule has 0 spiro atoms. The molecular weight excluding hydrogens is 271 g/mol. The van der Waals surface area contributed by atoms with Crippen LogP contribution < -0.4 is 4.74 Å². The van der Waals surface area contributed by atoms with Gasteiger partial charge in [0.25, 0.3) is 0 Å². The number of carboxylic acid groups (broad SMARTS) is 1. The van der Waals surface area contributed by atoms with E-state index in [2.05, 4.69) is 0 Å². The van der Waals surface area contributed by atoms with Crippen LogP contribution in [0.25, 0.3) is 11.1 Å². The topological polar surface area (TPSA) is 46.5 Å². The van der Waals surface area contributed by atoms with Crippen molar-refractivity contribution in [3.05, 3.63) is 52.8 Å². The highest BCUT2D eigenvalue weighted by atomic mass is 35.5. The minimum absolute atomic E-state index is 0.107. The number of methoxy groups -OCH3 is 1. The molecule has 0 atom stereocenters. The molecule has 0 heterocycles. The smallest absolute Gasteiger partial charge is 0.336 e. The fourth-order valence-electron chi connectivity index (χ4n) is 1.77. The number of benzene rings is 2. The van der Waals surface area contributed by atoms with Gasteiger partial charge in [-0.3, -0.25) is 0 Å². The van der Waals surface area contributed by atoms with Crippen LogP contribution in [0.1, 0.15) is 10.4 Å². The molecule has 0 amide bonds. The molecule has 0 unspecified atom stereocenters. The second kappa shape index (κ2) is 5.28. The van der Waals surface area contributed by atoms with Crippen molar-refractivity contribution >= 4 is 17.6 Å². The third-order valence-corrected chi connectivity index (χ3v) is 2.99. The first kappa shape index (κ1) is 13.4. The second-order valence-electron chi connectivity index (χ2n) is 3.84. The largest absolute Gasteiger partial charge is 0.495 e. The van der Waals surface area contributed by atoms with E-state index in [9.17, 15) is 9.18 Å². The molecule has 0 saturated heterocycles. The minimum atomic E-state index is -1.19. The molecule has 0 radical (unpaired) electrons. The van der Waals surface area contributed by atoms with E-state index in [-0.39, 0.29) is 5.56 Å². The van der Waals surface area contributed by atoms with E-state index in [1.54, 1.807) is 18.2 Å². The molecule has 0 bridgehead atoms. The van der Waals surface area contributed by atoms with E-state index < -0.39 is 11.8 Å². The third-order valence-electron chi connectivity index (χ3n) is 2.67. The first-order valence-corrected chi connectivity index (χ1v) is 5.77. The van der Waals surface area contributed by atoms with Crippen LogP contribution in [0.5, 0.6) is 5.75 Å². The Hall–Kier alpha value is -2.07. The summed E-state index contributed by atoms with van der Waals surface area (Å²) in [5, 5.41) is 9.53. The third kappa shape index (κ3) is 2.69. The maximum atomic E-state index is 13.1. The van der Waals surface area contributed by atoms with Crippen molar-refractivity contribution in [2.75, 3.05) is 7.11 Å². The zero-order valence-corrected chi connectivity index (χ0v) is 10.7. The summed E-state index contributed by atoms with van der Waals surface area (Å²) in [7, 11) is 1.47. The van der Waals surface area contributed by atoms with Gasteiger partial charge in [-0.2, -0.15) is 0 Å². The average Bonchev–Trinajstić information content (AvgIpc) is 2.39. The number of hydrogen-bond acceptors (Lipinski definition) is 2. The molecule has 0 fully saturated rings. The van der Waals surface area contributed by atoms with E-state index in [4.69, 9.17) is 21.4 Å². The summed E-state index contributed by atoms with van der Waals surface area (Å²) in [4.78, 5) is 11.1. The van der Waals surface area contributed by atoms with Crippen molar-refractivity contribution in [1.82, 2.24) is 0 Å². The Morgan fingerprint density at radius 1 is 1.26 bits per heavy atom. The van der Waals surface area contributed by atoms with Crippen LogP contribution in [0.4, 0.5) is 4.39 Å². The number of ether oxygens (including phenoxy) is 1. The summed E-state index contributed by atoms with van der Waals surface area (Å²) in [6, 6.07) is 8.49. The molecule has 2 aromatic rings. The van der Waals surface area contributed by atoms with Crippen LogP contribution in [-0.4, -0.2) is 18.2 Å². The number of rotatable bonds is 3. The quantitative estimate of drug-likeness (QED) is 0.929. The van der Waals surface area contributed by atoms with Gasteiger partial charge >= 0.3 is 5.97 Å². The highest BCUT2D eigenvalue weighted by molar-refractivity contribution is 6.32. The van der Waals surface area contributed by atoms with Crippen LogP contribution >= 0.6 is 11.6 Å². The molecule has 0 aliphatic carbocycles. The van der Waals surface area contributed by atoms with Gasteiger partial charge in [0.2, 0.25) is 0 Å². The minimum Gasteiger partial charge on any atom is -0.495 e. The lowest BCUT2D eigenvalue weighted by atomic mass is 9.99. The number of carbonyl (C=O) groups is 1. The first-order valence-electron chi connectivity index (χ1n) is 5.39. The van der Waals surface area contributed by atoms with Crippen molar-refractivity contribution in [1.29, 1.82) is 0 Å². The van der Waals surface area contributed by atoms with E-state index in [1.165, 1.54) is 19.2 Å². The Morgan fingerprint density at radius 2 is 2.00 bits per heavy atom. The van der Waals surface area contributed by atoms with Gasteiger partial charge in [0.1, 0.15) is 11.6 Å². The van der Waals surface area contributed by atoms with Gasteiger partial charge in [-0.15, -0.1) is 0 Å². The predicted molar refractivity (Wildman–Crippen MR) is 70.4 cm³/mol. The zero-order chi connectivity index (χ0) is 14.0. The Morgan fingerprint density at radius 3 is 2.63 bits per heavy atom. The summed E-state index contributed by atoms with van der Waals surface area (Å²) in [5.41, 5.74) is 0.895. The molecule has 1 N–H and O–H groups in total. The molecule has 98 valence electrons. The molecule has 19 heavy (non-hydrogen) atoms. The van der Waals surface area contributed by atoms with E-state index >= 15 is 0 Å². The molecule has 0 aliphatic rings. The van der Waals surface area contributed by atoms with Gasteiger partial charge in [-0.25, -0.2) is 9.18 Å². The maximum absolute atomic E-state index is 13.1. The van der Waals surface area contributed by atoms with Gasteiger partial charge in [-0.05, 0) is 35.4 Å². The summed E-state index contributed by atoms with van der Waals surface area (Å²) in [6.07, 6.45) is 0. The van der Waals surface area contributed by atoms with Gasteiger partial charge in [0.05, 0.1) is 17.7 Å². The van der Waals surface area contributed by atoms with Gasteiger partial charge < -0.3 is 9.84 Å². The number of aromatic carboxylic acids is 1. The van der Waals surface area contributed by atoms with E-state index in [0.29, 0.717) is 21.9 Å². The first-order chi connectivity index (χ1) is 9.02. The molecule has 3 nitrogen and oxygen atoms in total. The molecular formula is C14H10ClFO3. The number of halogens is 2. The molecule has 5 heteroatoms. The number of carboxylic acids is 1. The van der Waals surface area contributed by atoms with Crippen molar-refractivity contribution in [3.63, 3.8) is 0 Å². The van der Waals surface area contributed by atoms with Crippen molar-refractivity contribution in [3.8, 4) is 16.9 Å². The molecule has 0 aromatic heterocycles. The highest BCUT2D eigenvalue weighted by Crippen LogP contribution is 2.32. The predicted octanol–water partition coefficient (Wildman–Crippen LogP) is 3.85. The van der Waals surface area contributed by atoms with Crippen LogP contribution in [0.3, 0.4) is 0 Å². The lowest BCUT2D eigenvalue weighted by Gasteiger charge is -2.09. The maximum Gasteiger partial charge on any atom is 0.336 e. The van der Waals surface area contributed by atoms with Gasteiger partial charge in [0, 0.05) is 0 Å². The second-order valence-corrected chi connectivity index (χ2v) is 4.25. The molecule has 0 saturated carbocycles. The Labute approximate surface area is 114 Å². The van der Waals surface area contributed by atoms with E-state index in [0.717, 1.165) is 6.07 Å². The lowest BCUT2D eigenvalue weighted by Crippen LogP contribution is -2.00. The standard InChI is InChI=1S/C14H10ClFO3/c1-19-13-6-8(2-5-12(13)15)10-4-3-9(16)7-11(10)14(17)18/h2-7H,1H3,(H,17,18). The van der Waals surface area contributed by atoms with Crippen LogP contribution in [0.15, 0.2) is 36.4 Å². The highest BCUT2D eigenvalue weighted by Gasteiger charge is 2.14. The summed E-state index contributed by atoms with van der Waals surface area (Å²) in [6.45, 7) is 0. The molecule has 0 aliphatic heterocycles. The van der Waals surface area contributed by atoms with E-state index in [1.807, 2.05) is 0 Å². The molecule has 2 aromatic carbocycles. The summed E-state index contributed by atoms with van der Waals surface area (Å²) in [5.74, 6) is -1.36. The number of hydrogen-bond donors (Lipinski definition) is 1. The van der Waals surface area contributed by atoms with Gasteiger partial charge in [-0.1, -0.05) is 23.7 Å². The Balaban J connectivity index is 2.61. The van der Waals surface area contributed by atoms with Crippen LogP contribution in [0.2, 0.25) is 5.02 Å². The SMILES string of the molecule is COc1cc(-c2ccc(F)cc2C(=O)O)ccc1Cl. The van der Waals surface area contributed by atoms with Crippen LogP contribution in [-0.2, 0) is 0 Å². The molecule has 2 rings (SSSR count). The Bertz CT molecular complexity index is 641. The van der Waals surface area contributed by atoms with Crippen molar-refractivity contribution in [2.24, 2.45) is 0 Å².